The Morgan fingerprint density at radius 1 is 1.14 bits per heavy atom. The smallest absolute Gasteiger partial charge is 0.0563 e. The maximum atomic E-state index is 8.52. The molecule has 0 fully saturated rings. The third kappa shape index (κ3) is 185. The molecule has 1 nitrogen and oxygen atoms in total. The van der Waals surface area contributed by atoms with E-state index in [1.54, 1.807) is 20.8 Å². The molecule has 0 aliphatic heterocycles. The summed E-state index contributed by atoms with van der Waals surface area (Å²) in [6.07, 6.45) is 0. The first kappa shape index (κ1) is 15.7. The van der Waals surface area contributed by atoms with Crippen LogP contribution in [0.2, 0.25) is 0 Å². The van der Waals surface area contributed by atoms with Gasteiger partial charge in [-0.2, -0.15) is 0 Å². The Kier molecular flexibility index (Phi) is 11.4. The van der Waals surface area contributed by atoms with E-state index in [-0.39, 0.29) is 34.1 Å². The van der Waals surface area contributed by atoms with Crippen LogP contribution in [0.15, 0.2) is 0 Å². The normalized spacial score (nSPS) is 8.57. The van der Waals surface area contributed by atoms with Gasteiger partial charge in [-0.3, -0.25) is 0 Å². The quantitative estimate of drug-likeness (QED) is 0.525. The molecule has 0 atom stereocenters. The number of aliphatic hydroxyl groups is 1. The van der Waals surface area contributed by atoms with Gasteiger partial charge in [-0.25, -0.2) is 0 Å². The fraction of sp³-hybridized carbons (Fsp3) is 1.00. The molecule has 0 rings (SSSR count). The molecule has 0 bridgehead atoms. The summed E-state index contributed by atoms with van der Waals surface area (Å²) in [5.41, 5.74) is -0.500. The molecule has 0 aromatic heterocycles. The summed E-state index contributed by atoms with van der Waals surface area (Å²) in [5, 5.41) is 8.52. The molecule has 0 aromatic rings. The van der Waals surface area contributed by atoms with E-state index in [2.05, 4.69) is 0 Å². The average Bonchev–Trinajstić information content (AvgIpc) is 0.722. The Bertz CT molecular complexity index is 27.2. The molecule has 0 aromatic carbocycles. The molecule has 0 aliphatic carbocycles. The molecule has 0 radical (unpaired) electrons. The van der Waals surface area contributed by atoms with E-state index in [0.29, 0.717) is 0 Å². The molecular weight excluding hydrogens is 147 g/mol. The van der Waals surface area contributed by atoms with Crippen molar-refractivity contribution in [1.82, 2.24) is 0 Å². The molecule has 0 heterocycles. The first-order chi connectivity index (χ1) is 2.00. The molecule has 7 heavy (non-hydrogen) atoms. The van der Waals surface area contributed by atoms with Crippen LogP contribution in [0, 0.1) is 0 Å². The van der Waals surface area contributed by atoms with E-state index in [0.717, 1.165) is 0 Å². The second-order valence-corrected chi connectivity index (χ2v) is 2.17. The second-order valence-electron chi connectivity index (χ2n) is 2.17. The number of hydrogen-bond acceptors (Lipinski definition) is 1. The summed E-state index contributed by atoms with van der Waals surface area (Å²) in [5.74, 6) is 0. The third-order valence-corrected chi connectivity index (χ3v) is 0. The van der Waals surface area contributed by atoms with Crippen molar-refractivity contribution < 1.29 is 26.8 Å². The van der Waals surface area contributed by atoms with Gasteiger partial charge in [0.1, 0.15) is 0 Å². The van der Waals surface area contributed by atoms with E-state index in [4.69, 9.17) is 5.11 Å². The van der Waals surface area contributed by atoms with Crippen LogP contribution < -0.4 is 0 Å². The van der Waals surface area contributed by atoms with Crippen LogP contribution in [0.4, 0.5) is 0 Å². The van der Waals surface area contributed by atoms with Gasteiger partial charge in [0.25, 0.3) is 0 Å². The van der Waals surface area contributed by atoms with E-state index in [1.165, 1.54) is 0 Å². The van der Waals surface area contributed by atoms with Crippen molar-refractivity contribution in [3.8, 4) is 0 Å². The van der Waals surface area contributed by atoms with Crippen molar-refractivity contribution in [2.45, 2.75) is 26.4 Å². The van der Waals surface area contributed by atoms with Crippen molar-refractivity contribution in [2.75, 3.05) is 0 Å². The van der Waals surface area contributed by atoms with Gasteiger partial charge in [-0.05, 0) is 20.8 Å². The first-order valence-corrected chi connectivity index (χ1v) is 1.72. The Morgan fingerprint density at radius 3 is 1.14 bits per heavy atom. The average molecular weight is 158 g/mol. The maximum absolute atomic E-state index is 8.52. The van der Waals surface area contributed by atoms with E-state index in [9.17, 15) is 0 Å². The molecule has 0 saturated heterocycles. The van der Waals surface area contributed by atoms with Gasteiger partial charge in [0.2, 0.25) is 0 Å². The molecule has 0 aliphatic rings. The second kappa shape index (κ2) is 5.11. The number of rotatable bonds is 0. The number of hydrogen-bond donors (Lipinski definition) is 1. The molecule has 0 saturated carbocycles. The summed E-state index contributed by atoms with van der Waals surface area (Å²) >= 11 is 0. The largest absolute Gasteiger partial charge is 0.391 e. The zero-order valence-corrected chi connectivity index (χ0v) is 7.23. The minimum Gasteiger partial charge on any atom is -0.391 e. The van der Waals surface area contributed by atoms with Gasteiger partial charge in [-0.1, -0.05) is 0 Å². The molecule has 0 amide bonds. The van der Waals surface area contributed by atoms with Crippen molar-refractivity contribution in [3.05, 3.63) is 0 Å². The molecule has 1 N–H and O–H groups in total. The van der Waals surface area contributed by atoms with E-state index >= 15 is 0 Å². The van der Waals surface area contributed by atoms with Gasteiger partial charge in [0.05, 0.1) is 5.60 Å². The SMILES string of the molecule is CC(C)(C)O.Cl.[Ti]. The van der Waals surface area contributed by atoms with Crippen LogP contribution in [-0.2, 0) is 21.7 Å². The van der Waals surface area contributed by atoms with Crippen LogP contribution in [0.25, 0.3) is 0 Å². The Hall–Kier alpha value is 0.964. The Morgan fingerprint density at radius 2 is 1.14 bits per heavy atom. The number of halogens is 1. The van der Waals surface area contributed by atoms with Crippen LogP contribution >= 0.6 is 12.4 Å². The standard InChI is InChI=1S/C4H10O.ClH.Ti/c1-4(2,3)5;;/h5H,1-3H3;1H;. The molecule has 0 unspecified atom stereocenters. The minimum atomic E-state index is -0.500. The minimum absolute atomic E-state index is 0. The van der Waals surface area contributed by atoms with Crippen molar-refractivity contribution >= 4 is 12.4 Å². The third-order valence-electron chi connectivity index (χ3n) is 0. The summed E-state index contributed by atoms with van der Waals surface area (Å²) in [6.45, 7) is 5.23. The first-order valence-electron chi connectivity index (χ1n) is 1.72. The Balaban J connectivity index is -0.0000000800. The summed E-state index contributed by atoms with van der Waals surface area (Å²) in [6, 6.07) is 0. The predicted octanol–water partition coefficient (Wildman–Crippen LogP) is 1.20. The fourth-order valence-electron chi connectivity index (χ4n) is 0. The van der Waals surface area contributed by atoms with E-state index in [1.807, 2.05) is 0 Å². The van der Waals surface area contributed by atoms with Crippen molar-refractivity contribution in [3.63, 3.8) is 0 Å². The molecule has 44 valence electrons. The summed E-state index contributed by atoms with van der Waals surface area (Å²) in [7, 11) is 0. The summed E-state index contributed by atoms with van der Waals surface area (Å²) in [4.78, 5) is 0. The van der Waals surface area contributed by atoms with Crippen LogP contribution in [0.1, 0.15) is 20.8 Å². The van der Waals surface area contributed by atoms with Gasteiger partial charge in [-0.15, -0.1) is 12.4 Å². The van der Waals surface area contributed by atoms with Crippen molar-refractivity contribution in [1.29, 1.82) is 0 Å². The van der Waals surface area contributed by atoms with Gasteiger partial charge in [0, 0.05) is 21.7 Å². The van der Waals surface area contributed by atoms with Crippen LogP contribution in [-0.4, -0.2) is 10.7 Å². The van der Waals surface area contributed by atoms with Crippen molar-refractivity contribution in [2.24, 2.45) is 0 Å². The van der Waals surface area contributed by atoms with Gasteiger partial charge < -0.3 is 5.11 Å². The van der Waals surface area contributed by atoms with E-state index < -0.39 is 5.60 Å². The molecular formula is C4H11ClOTi. The molecule has 3 heteroatoms. The monoisotopic (exact) mass is 158 g/mol. The fourth-order valence-corrected chi connectivity index (χ4v) is 0. The van der Waals surface area contributed by atoms with Crippen LogP contribution in [0.3, 0.4) is 0 Å². The van der Waals surface area contributed by atoms with Gasteiger partial charge in [0.15, 0.2) is 0 Å². The topological polar surface area (TPSA) is 20.2 Å². The van der Waals surface area contributed by atoms with Gasteiger partial charge >= 0.3 is 0 Å². The maximum Gasteiger partial charge on any atom is 0.0563 e. The van der Waals surface area contributed by atoms with Crippen LogP contribution in [0.5, 0.6) is 0 Å². The Labute approximate surface area is 65.8 Å². The summed E-state index contributed by atoms with van der Waals surface area (Å²) < 4.78 is 0. The zero-order chi connectivity index (χ0) is 4.50. The zero-order valence-electron chi connectivity index (χ0n) is 4.86. The molecule has 0 spiro atoms. The predicted molar refractivity (Wildman–Crippen MR) is 29.2 cm³/mol.